The molecule has 0 aliphatic carbocycles. The van der Waals surface area contributed by atoms with Gasteiger partial charge in [0.05, 0.1) is 18.0 Å². The SMILES string of the molecule is CCC(Oc1ccc(N(C)S(C)(=O)=O)cc1)C(=O)NC(C)c1ccc(C)c(C)c1. The van der Waals surface area contributed by atoms with Gasteiger partial charge in [-0.25, -0.2) is 8.42 Å². The molecule has 0 aliphatic rings. The smallest absolute Gasteiger partial charge is 0.261 e. The molecule has 2 unspecified atom stereocenters. The van der Waals surface area contributed by atoms with Crippen LogP contribution in [0.3, 0.4) is 0 Å². The van der Waals surface area contributed by atoms with E-state index in [0.29, 0.717) is 17.9 Å². The van der Waals surface area contributed by atoms with E-state index in [1.54, 1.807) is 24.3 Å². The predicted octanol–water partition coefficient (Wildman–Crippen LogP) is 3.73. The Bertz CT molecular complexity index is 955. The zero-order chi connectivity index (χ0) is 21.8. The number of aryl methyl sites for hydroxylation is 2. The van der Waals surface area contributed by atoms with Crippen molar-refractivity contribution in [3.05, 3.63) is 59.2 Å². The molecule has 6 nitrogen and oxygen atoms in total. The molecular weight excluding hydrogens is 388 g/mol. The molecule has 1 amide bonds. The fraction of sp³-hybridized carbons (Fsp3) is 0.409. The highest BCUT2D eigenvalue weighted by molar-refractivity contribution is 7.92. The molecule has 2 rings (SSSR count). The molecule has 0 aliphatic heterocycles. The van der Waals surface area contributed by atoms with Crippen LogP contribution in [-0.4, -0.2) is 33.7 Å². The largest absolute Gasteiger partial charge is 0.481 e. The minimum absolute atomic E-state index is 0.134. The van der Waals surface area contributed by atoms with E-state index in [-0.39, 0.29) is 11.9 Å². The van der Waals surface area contributed by atoms with Crippen molar-refractivity contribution in [2.24, 2.45) is 0 Å². The third kappa shape index (κ3) is 5.97. The normalized spacial score (nSPS) is 13.4. The van der Waals surface area contributed by atoms with Crippen LogP contribution in [0, 0.1) is 13.8 Å². The Balaban J connectivity index is 2.05. The maximum absolute atomic E-state index is 12.7. The van der Waals surface area contributed by atoms with Crippen LogP contribution in [0.4, 0.5) is 5.69 Å². The summed E-state index contributed by atoms with van der Waals surface area (Å²) in [6.45, 7) is 7.94. The topological polar surface area (TPSA) is 75.7 Å². The summed E-state index contributed by atoms with van der Waals surface area (Å²) < 4.78 is 30.3. The highest BCUT2D eigenvalue weighted by atomic mass is 32.2. The van der Waals surface area contributed by atoms with E-state index in [1.165, 1.54) is 22.5 Å². The van der Waals surface area contributed by atoms with Crippen molar-refractivity contribution in [1.82, 2.24) is 5.32 Å². The van der Waals surface area contributed by atoms with Gasteiger partial charge in [-0.3, -0.25) is 9.10 Å². The van der Waals surface area contributed by atoms with Crippen molar-refractivity contribution < 1.29 is 17.9 Å². The summed E-state index contributed by atoms with van der Waals surface area (Å²) in [5, 5.41) is 3.01. The van der Waals surface area contributed by atoms with E-state index in [0.717, 1.165) is 11.8 Å². The molecule has 0 radical (unpaired) electrons. The lowest BCUT2D eigenvalue weighted by Crippen LogP contribution is -2.39. The molecular formula is C22H30N2O4S. The van der Waals surface area contributed by atoms with E-state index in [2.05, 4.69) is 31.3 Å². The predicted molar refractivity (Wildman–Crippen MR) is 117 cm³/mol. The Morgan fingerprint density at radius 3 is 2.24 bits per heavy atom. The van der Waals surface area contributed by atoms with Crippen LogP contribution in [0.15, 0.2) is 42.5 Å². The third-order valence-corrected chi connectivity index (χ3v) is 6.23. The summed E-state index contributed by atoms with van der Waals surface area (Å²) >= 11 is 0. The number of ether oxygens (including phenoxy) is 1. The standard InChI is InChI=1S/C22H30N2O4S/c1-7-21(22(25)23-17(4)18-9-8-15(2)16(3)14-18)28-20-12-10-19(11-13-20)24(5)29(6,26)27/h8-14,17,21H,7H2,1-6H3,(H,23,25). The van der Waals surface area contributed by atoms with Crippen LogP contribution in [0.1, 0.15) is 43.0 Å². The first-order chi connectivity index (χ1) is 13.5. The van der Waals surface area contributed by atoms with Crippen molar-refractivity contribution in [3.8, 4) is 5.75 Å². The van der Waals surface area contributed by atoms with Crippen molar-refractivity contribution in [2.45, 2.75) is 46.3 Å². The quantitative estimate of drug-likeness (QED) is 0.709. The van der Waals surface area contributed by atoms with Gasteiger partial charge in [-0.2, -0.15) is 0 Å². The summed E-state index contributed by atoms with van der Waals surface area (Å²) in [6.07, 6.45) is 1.02. The minimum Gasteiger partial charge on any atom is -0.481 e. The average Bonchev–Trinajstić information content (AvgIpc) is 2.67. The molecule has 2 aromatic carbocycles. The first kappa shape index (κ1) is 22.7. The van der Waals surface area contributed by atoms with Crippen LogP contribution >= 0.6 is 0 Å². The molecule has 0 saturated heterocycles. The van der Waals surface area contributed by atoms with Crippen molar-refractivity contribution >= 4 is 21.6 Å². The Kier molecular flexibility index (Phi) is 7.30. The monoisotopic (exact) mass is 418 g/mol. The Hall–Kier alpha value is -2.54. The van der Waals surface area contributed by atoms with Gasteiger partial charge in [0, 0.05) is 7.05 Å². The second kappa shape index (κ2) is 9.31. The molecule has 2 aromatic rings. The number of rotatable bonds is 8. The molecule has 0 aromatic heterocycles. The van der Waals surface area contributed by atoms with Gasteiger partial charge in [-0.1, -0.05) is 25.1 Å². The van der Waals surface area contributed by atoms with Crippen LogP contribution in [0.25, 0.3) is 0 Å². The highest BCUT2D eigenvalue weighted by Crippen LogP contribution is 2.22. The number of nitrogens with one attached hydrogen (secondary N) is 1. The number of hydrogen-bond donors (Lipinski definition) is 1. The van der Waals surface area contributed by atoms with Crippen molar-refractivity contribution in [2.75, 3.05) is 17.6 Å². The first-order valence-electron chi connectivity index (χ1n) is 9.61. The Labute approximate surface area is 173 Å². The second-order valence-corrected chi connectivity index (χ2v) is 9.33. The van der Waals surface area contributed by atoms with Gasteiger partial charge in [0.2, 0.25) is 10.0 Å². The molecule has 0 heterocycles. The van der Waals surface area contributed by atoms with E-state index in [9.17, 15) is 13.2 Å². The van der Waals surface area contributed by atoms with Crippen LogP contribution < -0.4 is 14.4 Å². The molecule has 0 spiro atoms. The van der Waals surface area contributed by atoms with Gasteiger partial charge in [-0.15, -0.1) is 0 Å². The van der Waals surface area contributed by atoms with Gasteiger partial charge in [-0.05, 0) is 68.1 Å². The summed E-state index contributed by atoms with van der Waals surface area (Å²) in [5.74, 6) is 0.326. The molecule has 29 heavy (non-hydrogen) atoms. The molecule has 7 heteroatoms. The summed E-state index contributed by atoms with van der Waals surface area (Å²) in [6, 6.07) is 12.7. The number of carbonyl (C=O) groups excluding carboxylic acids is 1. The molecule has 0 bridgehead atoms. The summed E-state index contributed by atoms with van der Waals surface area (Å²) in [4.78, 5) is 12.7. The van der Waals surface area contributed by atoms with Crippen molar-refractivity contribution in [3.63, 3.8) is 0 Å². The Morgan fingerprint density at radius 1 is 1.10 bits per heavy atom. The number of benzene rings is 2. The number of nitrogens with zero attached hydrogens (tertiary/aromatic N) is 1. The maximum Gasteiger partial charge on any atom is 0.261 e. The van der Waals surface area contributed by atoms with Crippen molar-refractivity contribution in [1.29, 1.82) is 0 Å². The van der Waals surface area contributed by atoms with E-state index in [4.69, 9.17) is 4.74 Å². The first-order valence-corrected chi connectivity index (χ1v) is 11.5. The van der Waals surface area contributed by atoms with Crippen LogP contribution in [0.5, 0.6) is 5.75 Å². The lowest BCUT2D eigenvalue weighted by atomic mass is 10.0. The van der Waals surface area contributed by atoms with Gasteiger partial charge in [0.15, 0.2) is 6.10 Å². The van der Waals surface area contributed by atoms with Gasteiger partial charge in [0.1, 0.15) is 5.75 Å². The maximum atomic E-state index is 12.7. The zero-order valence-corrected chi connectivity index (χ0v) is 18.7. The fourth-order valence-electron chi connectivity index (χ4n) is 2.84. The average molecular weight is 419 g/mol. The highest BCUT2D eigenvalue weighted by Gasteiger charge is 2.21. The zero-order valence-electron chi connectivity index (χ0n) is 17.9. The van der Waals surface area contributed by atoms with E-state index >= 15 is 0 Å². The lowest BCUT2D eigenvalue weighted by molar-refractivity contribution is -0.128. The molecule has 0 fully saturated rings. The molecule has 0 saturated carbocycles. The summed E-state index contributed by atoms with van der Waals surface area (Å²) in [5.41, 5.74) is 3.98. The second-order valence-electron chi connectivity index (χ2n) is 7.31. The molecule has 2 atom stereocenters. The fourth-order valence-corrected chi connectivity index (χ4v) is 3.34. The number of amides is 1. The number of sulfonamides is 1. The number of anilines is 1. The van der Waals surface area contributed by atoms with E-state index in [1.807, 2.05) is 19.9 Å². The number of hydrogen-bond acceptors (Lipinski definition) is 4. The van der Waals surface area contributed by atoms with Gasteiger partial charge >= 0.3 is 0 Å². The van der Waals surface area contributed by atoms with Crippen LogP contribution in [-0.2, 0) is 14.8 Å². The summed E-state index contributed by atoms with van der Waals surface area (Å²) in [7, 11) is -1.84. The lowest BCUT2D eigenvalue weighted by Gasteiger charge is -2.22. The molecule has 158 valence electrons. The van der Waals surface area contributed by atoms with Gasteiger partial charge < -0.3 is 10.1 Å². The minimum atomic E-state index is -3.33. The molecule has 1 N–H and O–H groups in total. The van der Waals surface area contributed by atoms with Gasteiger partial charge in [0.25, 0.3) is 5.91 Å². The number of carbonyl (C=O) groups is 1. The van der Waals surface area contributed by atoms with E-state index < -0.39 is 16.1 Å². The Morgan fingerprint density at radius 2 is 1.72 bits per heavy atom. The third-order valence-electron chi connectivity index (χ3n) is 5.03. The van der Waals surface area contributed by atoms with Crippen LogP contribution in [0.2, 0.25) is 0 Å².